The summed E-state index contributed by atoms with van der Waals surface area (Å²) >= 11 is 0. The minimum atomic E-state index is 0. The van der Waals surface area contributed by atoms with Gasteiger partial charge in [-0.2, -0.15) is 0 Å². The number of aliphatic imine (C=N–C) groups is 1. The minimum Gasteiger partial charge on any atom is -0.379 e. The fourth-order valence-electron chi connectivity index (χ4n) is 2.69. The second kappa shape index (κ2) is 13.3. The molecule has 0 saturated carbocycles. The Kier molecular flexibility index (Phi) is 11.8. The van der Waals surface area contributed by atoms with Gasteiger partial charge in [-0.05, 0) is 49.8 Å². The van der Waals surface area contributed by atoms with Crippen LogP contribution in [0.1, 0.15) is 30.4 Å². The van der Waals surface area contributed by atoms with Crippen molar-refractivity contribution in [1.29, 1.82) is 0 Å². The van der Waals surface area contributed by atoms with Gasteiger partial charge < -0.3 is 20.1 Å². The smallest absolute Gasteiger partial charge is 0.190 e. The van der Waals surface area contributed by atoms with Gasteiger partial charge in [0.05, 0.1) is 12.7 Å². The number of hydrogen-bond donors (Lipinski definition) is 2. The SMILES string of the molecule is CN=C(NCCCOCC1CCCO1)NCCc1ccncc1C.I. The zero-order chi connectivity index (χ0) is 17.0. The van der Waals surface area contributed by atoms with Gasteiger partial charge in [0.1, 0.15) is 0 Å². The summed E-state index contributed by atoms with van der Waals surface area (Å²) in [6.45, 7) is 6.14. The Morgan fingerprint density at radius 2 is 2.24 bits per heavy atom. The van der Waals surface area contributed by atoms with Crippen LogP contribution in [-0.2, 0) is 15.9 Å². The molecular formula is C18H31IN4O2. The second-order valence-corrected chi connectivity index (χ2v) is 6.04. The molecule has 0 bridgehead atoms. The third-order valence-electron chi connectivity index (χ3n) is 4.13. The van der Waals surface area contributed by atoms with Crippen LogP contribution in [0.15, 0.2) is 23.5 Å². The van der Waals surface area contributed by atoms with E-state index in [1.165, 1.54) is 11.1 Å². The van der Waals surface area contributed by atoms with Gasteiger partial charge in [-0.15, -0.1) is 24.0 Å². The normalized spacial score (nSPS) is 17.2. The van der Waals surface area contributed by atoms with E-state index in [9.17, 15) is 0 Å². The van der Waals surface area contributed by atoms with E-state index in [1.807, 2.05) is 12.4 Å². The Morgan fingerprint density at radius 1 is 1.40 bits per heavy atom. The lowest BCUT2D eigenvalue weighted by molar-refractivity contribution is 0.0168. The molecule has 25 heavy (non-hydrogen) atoms. The number of rotatable bonds is 9. The summed E-state index contributed by atoms with van der Waals surface area (Å²) in [4.78, 5) is 8.36. The highest BCUT2D eigenvalue weighted by Crippen LogP contribution is 2.11. The first-order chi connectivity index (χ1) is 11.8. The highest BCUT2D eigenvalue weighted by molar-refractivity contribution is 14.0. The number of ether oxygens (including phenoxy) is 2. The number of nitrogens with zero attached hydrogens (tertiary/aromatic N) is 2. The van der Waals surface area contributed by atoms with E-state index in [1.54, 1.807) is 7.05 Å². The Balaban J connectivity index is 0.00000312. The predicted octanol–water partition coefficient (Wildman–Crippen LogP) is 2.30. The van der Waals surface area contributed by atoms with E-state index < -0.39 is 0 Å². The summed E-state index contributed by atoms with van der Waals surface area (Å²) in [5, 5.41) is 6.65. The van der Waals surface area contributed by atoms with Crippen molar-refractivity contribution in [2.24, 2.45) is 4.99 Å². The Morgan fingerprint density at radius 3 is 2.96 bits per heavy atom. The molecule has 1 unspecified atom stereocenters. The molecule has 1 fully saturated rings. The molecule has 0 aromatic carbocycles. The molecule has 1 aliphatic rings. The van der Waals surface area contributed by atoms with Gasteiger partial charge in [-0.25, -0.2) is 0 Å². The summed E-state index contributed by atoms with van der Waals surface area (Å²) in [6, 6.07) is 2.07. The molecule has 1 aliphatic heterocycles. The predicted molar refractivity (Wildman–Crippen MR) is 112 cm³/mol. The topological polar surface area (TPSA) is 67.8 Å². The highest BCUT2D eigenvalue weighted by atomic mass is 127. The molecule has 0 amide bonds. The number of nitrogens with one attached hydrogen (secondary N) is 2. The minimum absolute atomic E-state index is 0. The molecule has 1 atom stereocenters. The van der Waals surface area contributed by atoms with Crippen LogP contribution in [0.4, 0.5) is 0 Å². The van der Waals surface area contributed by atoms with Crippen molar-refractivity contribution in [3.63, 3.8) is 0 Å². The van der Waals surface area contributed by atoms with Gasteiger partial charge in [-0.1, -0.05) is 0 Å². The monoisotopic (exact) mass is 462 g/mol. The van der Waals surface area contributed by atoms with Gasteiger partial charge in [-0.3, -0.25) is 9.98 Å². The lowest BCUT2D eigenvalue weighted by atomic mass is 10.1. The van der Waals surface area contributed by atoms with Crippen LogP contribution in [-0.4, -0.2) is 57.0 Å². The molecule has 6 nitrogen and oxygen atoms in total. The maximum absolute atomic E-state index is 5.65. The lowest BCUT2D eigenvalue weighted by Gasteiger charge is -2.13. The van der Waals surface area contributed by atoms with E-state index in [-0.39, 0.29) is 24.0 Å². The maximum Gasteiger partial charge on any atom is 0.190 e. The summed E-state index contributed by atoms with van der Waals surface area (Å²) < 4.78 is 11.2. The Bertz CT molecular complexity index is 508. The van der Waals surface area contributed by atoms with Crippen molar-refractivity contribution in [2.45, 2.75) is 38.7 Å². The quantitative estimate of drug-likeness (QED) is 0.255. The number of aryl methyl sites for hydroxylation is 1. The molecule has 142 valence electrons. The first-order valence-corrected chi connectivity index (χ1v) is 8.83. The van der Waals surface area contributed by atoms with Crippen molar-refractivity contribution in [2.75, 3.05) is 40.0 Å². The lowest BCUT2D eigenvalue weighted by Crippen LogP contribution is -2.39. The second-order valence-electron chi connectivity index (χ2n) is 6.04. The summed E-state index contributed by atoms with van der Waals surface area (Å²) in [5.41, 5.74) is 2.54. The van der Waals surface area contributed by atoms with Crippen LogP contribution < -0.4 is 10.6 Å². The van der Waals surface area contributed by atoms with Crippen molar-refractivity contribution in [3.05, 3.63) is 29.6 Å². The van der Waals surface area contributed by atoms with Crippen LogP contribution in [0.5, 0.6) is 0 Å². The molecule has 0 radical (unpaired) electrons. The number of aromatic nitrogens is 1. The number of hydrogen-bond acceptors (Lipinski definition) is 4. The van der Waals surface area contributed by atoms with Crippen molar-refractivity contribution in [1.82, 2.24) is 15.6 Å². The molecule has 2 rings (SSSR count). The molecule has 0 aliphatic carbocycles. The first kappa shape index (κ1) is 22.1. The van der Waals surface area contributed by atoms with Gasteiger partial charge in [0.2, 0.25) is 0 Å². The van der Waals surface area contributed by atoms with Crippen molar-refractivity contribution < 1.29 is 9.47 Å². The standard InChI is InChI=1S/C18H30N4O2.HI/c1-15-13-20-9-6-16(15)7-10-22-18(19-2)21-8-4-11-23-14-17-5-3-12-24-17;/h6,9,13,17H,3-5,7-8,10-12,14H2,1-2H3,(H2,19,21,22);1H. The van der Waals surface area contributed by atoms with Gasteiger partial charge in [0.25, 0.3) is 0 Å². The fraction of sp³-hybridized carbons (Fsp3) is 0.667. The van der Waals surface area contributed by atoms with E-state index in [0.29, 0.717) is 6.10 Å². The molecular weight excluding hydrogens is 431 g/mol. The Hall–Kier alpha value is -0.930. The van der Waals surface area contributed by atoms with E-state index in [0.717, 1.165) is 64.6 Å². The number of pyridine rings is 1. The molecule has 7 heteroatoms. The average molecular weight is 462 g/mol. The van der Waals surface area contributed by atoms with Crippen molar-refractivity contribution >= 4 is 29.9 Å². The van der Waals surface area contributed by atoms with Crippen LogP contribution >= 0.6 is 24.0 Å². The van der Waals surface area contributed by atoms with E-state index in [2.05, 4.69) is 33.6 Å². The van der Waals surface area contributed by atoms with Crippen LogP contribution in [0.25, 0.3) is 0 Å². The van der Waals surface area contributed by atoms with Gasteiger partial charge in [0.15, 0.2) is 5.96 Å². The molecule has 2 N–H and O–H groups in total. The van der Waals surface area contributed by atoms with E-state index in [4.69, 9.17) is 9.47 Å². The van der Waals surface area contributed by atoms with Gasteiger partial charge in [0, 0.05) is 45.7 Å². The third-order valence-corrected chi connectivity index (χ3v) is 4.13. The molecule has 0 spiro atoms. The van der Waals surface area contributed by atoms with Crippen LogP contribution in [0, 0.1) is 6.92 Å². The van der Waals surface area contributed by atoms with Gasteiger partial charge >= 0.3 is 0 Å². The van der Waals surface area contributed by atoms with Crippen LogP contribution in [0.3, 0.4) is 0 Å². The fourth-order valence-corrected chi connectivity index (χ4v) is 2.69. The zero-order valence-corrected chi connectivity index (χ0v) is 17.6. The molecule has 2 heterocycles. The highest BCUT2D eigenvalue weighted by Gasteiger charge is 2.14. The summed E-state index contributed by atoms with van der Waals surface area (Å²) in [7, 11) is 1.79. The van der Waals surface area contributed by atoms with Crippen LogP contribution in [0.2, 0.25) is 0 Å². The number of halogens is 1. The average Bonchev–Trinajstić information content (AvgIpc) is 3.11. The summed E-state index contributed by atoms with van der Waals surface area (Å²) in [6.07, 6.45) is 8.26. The van der Waals surface area contributed by atoms with Crippen molar-refractivity contribution in [3.8, 4) is 0 Å². The Labute approximate surface area is 168 Å². The third kappa shape index (κ3) is 8.82. The summed E-state index contributed by atoms with van der Waals surface area (Å²) in [5.74, 6) is 0.834. The molecule has 1 aromatic rings. The first-order valence-electron chi connectivity index (χ1n) is 8.83. The maximum atomic E-state index is 5.65. The molecule has 1 saturated heterocycles. The van der Waals surface area contributed by atoms with E-state index >= 15 is 0 Å². The zero-order valence-electron chi connectivity index (χ0n) is 15.3. The number of guanidine groups is 1. The molecule has 1 aromatic heterocycles. The largest absolute Gasteiger partial charge is 0.379 e.